The van der Waals surface area contributed by atoms with Crippen LogP contribution >= 0.6 is 39.1 Å². The zero-order valence-electron chi connectivity index (χ0n) is 11.2. The number of benzene rings is 2. The molecule has 0 bridgehead atoms. The van der Waals surface area contributed by atoms with E-state index in [-0.39, 0.29) is 0 Å². The molecule has 2 N–H and O–H groups in total. The van der Waals surface area contributed by atoms with Gasteiger partial charge in [-0.15, -0.1) is 0 Å². The summed E-state index contributed by atoms with van der Waals surface area (Å²) in [6.45, 7) is 2.88. The Morgan fingerprint density at radius 2 is 1.86 bits per heavy atom. The first-order chi connectivity index (χ1) is 10.0. The molecular formula is C15H12BrCl2N3. The molecular weight excluding hydrogens is 373 g/mol. The van der Waals surface area contributed by atoms with Gasteiger partial charge in [-0.25, -0.2) is 4.98 Å². The van der Waals surface area contributed by atoms with Crippen LogP contribution in [0.3, 0.4) is 0 Å². The van der Waals surface area contributed by atoms with Crippen LogP contribution in [0.4, 0.5) is 5.69 Å². The maximum atomic E-state index is 6.13. The summed E-state index contributed by atoms with van der Waals surface area (Å²) < 4.78 is 3.12. The third kappa shape index (κ3) is 2.52. The van der Waals surface area contributed by atoms with E-state index in [9.17, 15) is 0 Å². The van der Waals surface area contributed by atoms with Crippen LogP contribution in [0.5, 0.6) is 0 Å². The van der Waals surface area contributed by atoms with Crippen molar-refractivity contribution in [2.45, 2.75) is 13.5 Å². The zero-order valence-corrected chi connectivity index (χ0v) is 14.3. The Morgan fingerprint density at radius 1 is 1.19 bits per heavy atom. The number of nitrogens with zero attached hydrogens (tertiary/aromatic N) is 2. The molecule has 3 nitrogen and oxygen atoms in total. The summed E-state index contributed by atoms with van der Waals surface area (Å²) in [5.74, 6) is 0.828. The van der Waals surface area contributed by atoms with E-state index < -0.39 is 0 Å². The molecule has 0 radical (unpaired) electrons. The van der Waals surface area contributed by atoms with Crippen LogP contribution < -0.4 is 5.73 Å². The zero-order chi connectivity index (χ0) is 15.1. The lowest BCUT2D eigenvalue weighted by molar-refractivity contribution is 0.796. The Labute approximate surface area is 140 Å². The second-order valence-electron chi connectivity index (χ2n) is 4.67. The van der Waals surface area contributed by atoms with Crippen molar-refractivity contribution >= 4 is 55.9 Å². The lowest BCUT2D eigenvalue weighted by Crippen LogP contribution is -1.98. The van der Waals surface area contributed by atoms with E-state index in [4.69, 9.17) is 33.9 Å². The second kappa shape index (κ2) is 5.52. The summed E-state index contributed by atoms with van der Waals surface area (Å²) in [6, 6.07) is 9.63. The first-order valence-electron chi connectivity index (χ1n) is 6.42. The normalized spacial score (nSPS) is 11.2. The molecule has 21 heavy (non-hydrogen) atoms. The van der Waals surface area contributed by atoms with Crippen molar-refractivity contribution in [1.82, 2.24) is 9.55 Å². The van der Waals surface area contributed by atoms with Crippen molar-refractivity contribution in [3.05, 3.63) is 44.8 Å². The fraction of sp³-hybridized carbons (Fsp3) is 0.133. The molecule has 3 aromatic rings. The van der Waals surface area contributed by atoms with Crippen LogP contribution in [0.15, 0.2) is 34.8 Å². The number of hydrogen-bond donors (Lipinski definition) is 1. The number of hydrogen-bond acceptors (Lipinski definition) is 2. The van der Waals surface area contributed by atoms with Crippen LogP contribution in [-0.2, 0) is 6.54 Å². The van der Waals surface area contributed by atoms with Gasteiger partial charge in [0.1, 0.15) is 5.82 Å². The molecule has 0 saturated heterocycles. The highest BCUT2D eigenvalue weighted by Gasteiger charge is 2.14. The van der Waals surface area contributed by atoms with Gasteiger partial charge in [0.05, 0.1) is 26.8 Å². The lowest BCUT2D eigenvalue weighted by atomic mass is 10.2. The topological polar surface area (TPSA) is 43.8 Å². The molecule has 0 unspecified atom stereocenters. The summed E-state index contributed by atoms with van der Waals surface area (Å²) in [7, 11) is 0. The molecule has 1 aromatic heterocycles. The fourth-order valence-electron chi connectivity index (χ4n) is 2.36. The van der Waals surface area contributed by atoms with E-state index in [1.165, 1.54) is 0 Å². The van der Waals surface area contributed by atoms with Crippen LogP contribution in [0.25, 0.3) is 22.4 Å². The molecule has 0 aliphatic rings. The number of aryl methyl sites for hydroxylation is 1. The molecule has 0 saturated carbocycles. The number of halogens is 3. The molecule has 0 aliphatic heterocycles. The third-order valence-electron chi connectivity index (χ3n) is 3.36. The molecule has 3 rings (SSSR count). The molecule has 108 valence electrons. The molecule has 0 amide bonds. The average Bonchev–Trinajstić information content (AvgIpc) is 2.81. The lowest BCUT2D eigenvalue weighted by Gasteiger charge is -2.08. The Balaban J connectivity index is 2.29. The first kappa shape index (κ1) is 14.7. The van der Waals surface area contributed by atoms with Gasteiger partial charge in [0.2, 0.25) is 0 Å². The minimum absolute atomic E-state index is 0.393. The number of aromatic nitrogens is 2. The predicted molar refractivity (Wildman–Crippen MR) is 93.0 cm³/mol. The summed E-state index contributed by atoms with van der Waals surface area (Å²) >= 11 is 15.7. The van der Waals surface area contributed by atoms with Crippen molar-refractivity contribution in [1.29, 1.82) is 0 Å². The van der Waals surface area contributed by atoms with E-state index in [1.54, 1.807) is 12.1 Å². The van der Waals surface area contributed by atoms with Crippen molar-refractivity contribution in [3.8, 4) is 11.4 Å². The summed E-state index contributed by atoms with van der Waals surface area (Å²) in [4.78, 5) is 4.70. The van der Waals surface area contributed by atoms with Gasteiger partial charge in [-0.2, -0.15) is 0 Å². The molecule has 0 atom stereocenters. The summed E-state index contributed by atoms with van der Waals surface area (Å²) in [5, 5.41) is 0.877. The second-order valence-corrected chi connectivity index (χ2v) is 6.40. The van der Waals surface area contributed by atoms with E-state index >= 15 is 0 Å². The van der Waals surface area contributed by atoms with Crippen molar-refractivity contribution in [2.75, 3.05) is 5.73 Å². The molecule has 6 heteroatoms. The van der Waals surface area contributed by atoms with E-state index in [0.717, 1.165) is 33.4 Å². The van der Waals surface area contributed by atoms with Gasteiger partial charge in [-0.1, -0.05) is 39.1 Å². The van der Waals surface area contributed by atoms with E-state index in [0.29, 0.717) is 15.7 Å². The number of anilines is 1. The SMILES string of the molecule is CCn1c(-c2cc(Cl)c(N)c(Cl)c2)nc2cc(Br)ccc21. The third-order valence-corrected chi connectivity index (χ3v) is 4.48. The van der Waals surface area contributed by atoms with Gasteiger partial charge in [-0.3, -0.25) is 0 Å². The molecule has 0 spiro atoms. The van der Waals surface area contributed by atoms with Gasteiger partial charge in [0.25, 0.3) is 0 Å². The highest BCUT2D eigenvalue weighted by molar-refractivity contribution is 9.10. The van der Waals surface area contributed by atoms with Crippen LogP contribution in [-0.4, -0.2) is 9.55 Å². The van der Waals surface area contributed by atoms with Crippen molar-refractivity contribution in [2.24, 2.45) is 0 Å². The number of nitrogens with two attached hydrogens (primary N) is 1. The van der Waals surface area contributed by atoms with Crippen molar-refractivity contribution < 1.29 is 0 Å². The highest BCUT2D eigenvalue weighted by atomic mass is 79.9. The molecule has 1 heterocycles. The largest absolute Gasteiger partial charge is 0.396 e. The van der Waals surface area contributed by atoms with Crippen molar-refractivity contribution in [3.63, 3.8) is 0 Å². The summed E-state index contributed by atoms with van der Waals surface area (Å²) in [6.07, 6.45) is 0. The summed E-state index contributed by atoms with van der Waals surface area (Å²) in [5.41, 5.74) is 9.04. The Kier molecular flexibility index (Phi) is 3.86. The number of rotatable bonds is 2. The van der Waals surface area contributed by atoms with E-state index in [2.05, 4.69) is 27.4 Å². The average molecular weight is 385 g/mol. The van der Waals surface area contributed by atoms with E-state index in [1.807, 2.05) is 18.2 Å². The Bertz CT molecular complexity index is 819. The van der Waals surface area contributed by atoms with Gasteiger partial charge in [0, 0.05) is 16.6 Å². The number of nitrogen functional groups attached to an aromatic ring is 1. The molecule has 0 aliphatic carbocycles. The number of imidazole rings is 1. The fourth-order valence-corrected chi connectivity index (χ4v) is 3.19. The first-order valence-corrected chi connectivity index (χ1v) is 7.97. The number of fused-ring (bicyclic) bond motifs is 1. The standard InChI is InChI=1S/C15H12BrCl2N3/c1-2-21-13-4-3-9(16)7-12(13)20-15(21)8-5-10(17)14(19)11(18)6-8/h3-7H,2,19H2,1H3. The molecule has 2 aromatic carbocycles. The Morgan fingerprint density at radius 3 is 2.48 bits per heavy atom. The van der Waals surface area contributed by atoms with Gasteiger partial charge < -0.3 is 10.3 Å². The maximum absolute atomic E-state index is 6.13. The maximum Gasteiger partial charge on any atom is 0.141 e. The van der Waals surface area contributed by atoms with Gasteiger partial charge >= 0.3 is 0 Å². The van der Waals surface area contributed by atoms with Crippen LogP contribution in [0, 0.1) is 0 Å². The van der Waals surface area contributed by atoms with Gasteiger partial charge in [0.15, 0.2) is 0 Å². The minimum atomic E-state index is 0.393. The predicted octanol–water partition coefficient (Wildman–Crippen LogP) is 5.37. The quantitative estimate of drug-likeness (QED) is 0.603. The highest BCUT2D eigenvalue weighted by Crippen LogP contribution is 2.34. The minimum Gasteiger partial charge on any atom is -0.396 e. The monoisotopic (exact) mass is 383 g/mol. The van der Waals surface area contributed by atoms with Crippen LogP contribution in [0.1, 0.15) is 6.92 Å². The molecule has 0 fully saturated rings. The van der Waals surface area contributed by atoms with Crippen LogP contribution in [0.2, 0.25) is 10.0 Å². The smallest absolute Gasteiger partial charge is 0.141 e. The Hall–Kier alpha value is -1.23. The van der Waals surface area contributed by atoms with Gasteiger partial charge in [-0.05, 0) is 37.3 Å².